The van der Waals surface area contributed by atoms with E-state index in [0.29, 0.717) is 13.2 Å². The molecule has 0 aliphatic carbocycles. The predicted octanol–water partition coefficient (Wildman–Crippen LogP) is 1.90. The van der Waals surface area contributed by atoms with E-state index in [2.05, 4.69) is 0 Å². The summed E-state index contributed by atoms with van der Waals surface area (Å²) in [5.41, 5.74) is 4.94. The van der Waals surface area contributed by atoms with Gasteiger partial charge in [0.25, 0.3) is 0 Å². The van der Waals surface area contributed by atoms with E-state index in [1.165, 1.54) is 0 Å². The molecule has 4 heteroatoms. The number of Topliss-reactive ketones (excluding diaryl/α,β-unsaturated/α-hetero) is 1. The normalized spacial score (nSPS) is 32.8. The van der Waals surface area contributed by atoms with E-state index in [0.717, 1.165) is 25.9 Å². The molecule has 19 heavy (non-hydrogen) atoms. The van der Waals surface area contributed by atoms with Crippen LogP contribution in [-0.2, 0) is 14.3 Å². The van der Waals surface area contributed by atoms with Gasteiger partial charge in [-0.25, -0.2) is 0 Å². The van der Waals surface area contributed by atoms with Gasteiger partial charge < -0.3 is 15.2 Å². The second-order valence-electron chi connectivity index (χ2n) is 7.23. The van der Waals surface area contributed by atoms with Gasteiger partial charge in [-0.05, 0) is 26.7 Å². The van der Waals surface area contributed by atoms with Gasteiger partial charge in [0.15, 0.2) is 0 Å². The molecule has 2 aliphatic rings. The van der Waals surface area contributed by atoms with Gasteiger partial charge in [-0.3, -0.25) is 4.79 Å². The molecule has 2 fully saturated rings. The number of rotatable bonds is 3. The molecule has 2 heterocycles. The van der Waals surface area contributed by atoms with Crippen LogP contribution in [0.2, 0.25) is 0 Å². The number of hydrogen-bond acceptors (Lipinski definition) is 4. The molecule has 2 rings (SSSR count). The zero-order valence-electron chi connectivity index (χ0n) is 12.6. The van der Waals surface area contributed by atoms with Crippen LogP contribution >= 0.6 is 0 Å². The van der Waals surface area contributed by atoms with Crippen LogP contribution < -0.4 is 5.73 Å². The lowest BCUT2D eigenvalue weighted by Crippen LogP contribution is -2.55. The van der Waals surface area contributed by atoms with Crippen molar-refractivity contribution in [3.63, 3.8) is 0 Å². The predicted molar refractivity (Wildman–Crippen MR) is 73.9 cm³/mol. The van der Waals surface area contributed by atoms with E-state index in [-0.39, 0.29) is 17.3 Å². The largest absolute Gasteiger partial charge is 0.378 e. The molecule has 0 aromatic heterocycles. The minimum Gasteiger partial charge on any atom is -0.378 e. The van der Waals surface area contributed by atoms with Gasteiger partial charge in [0.2, 0.25) is 0 Å². The lowest BCUT2D eigenvalue weighted by Gasteiger charge is -2.43. The molecule has 2 saturated heterocycles. The van der Waals surface area contributed by atoms with Crippen LogP contribution in [-0.4, -0.2) is 36.7 Å². The highest BCUT2D eigenvalue weighted by Crippen LogP contribution is 2.41. The molecule has 0 saturated carbocycles. The van der Waals surface area contributed by atoms with Crippen molar-refractivity contribution in [3.05, 3.63) is 0 Å². The Morgan fingerprint density at radius 3 is 2.47 bits per heavy atom. The summed E-state index contributed by atoms with van der Waals surface area (Å²) in [7, 11) is 0. The van der Waals surface area contributed by atoms with Crippen LogP contribution in [0.1, 0.15) is 47.0 Å². The maximum Gasteiger partial charge on any atom is 0.143 e. The Kier molecular flexibility index (Phi) is 3.80. The lowest BCUT2D eigenvalue weighted by molar-refractivity contribution is -0.147. The minimum absolute atomic E-state index is 0.0493. The Hall–Kier alpha value is -0.450. The van der Waals surface area contributed by atoms with Crippen molar-refractivity contribution >= 4 is 5.78 Å². The van der Waals surface area contributed by atoms with Crippen molar-refractivity contribution < 1.29 is 14.3 Å². The molecule has 2 N–H and O–H groups in total. The highest BCUT2D eigenvalue weighted by atomic mass is 16.6. The average Bonchev–Trinajstić information content (AvgIpc) is 2.74. The number of hydrogen-bond donors (Lipinski definition) is 1. The monoisotopic (exact) mass is 269 g/mol. The van der Waals surface area contributed by atoms with Gasteiger partial charge in [0.1, 0.15) is 5.78 Å². The first-order valence-electron chi connectivity index (χ1n) is 7.23. The lowest BCUT2D eigenvalue weighted by atomic mass is 9.66. The van der Waals surface area contributed by atoms with Crippen LogP contribution in [0.15, 0.2) is 0 Å². The van der Waals surface area contributed by atoms with Crippen LogP contribution in [0.25, 0.3) is 0 Å². The maximum absolute atomic E-state index is 12.8. The highest BCUT2D eigenvalue weighted by Gasteiger charge is 2.48. The third kappa shape index (κ3) is 2.71. The number of carbonyl (C=O) groups excluding carboxylic acids is 1. The third-order valence-electron chi connectivity index (χ3n) is 5.16. The van der Waals surface area contributed by atoms with Crippen LogP contribution in [0.3, 0.4) is 0 Å². The molecule has 2 aliphatic heterocycles. The summed E-state index contributed by atoms with van der Waals surface area (Å²) < 4.78 is 11.4. The van der Waals surface area contributed by atoms with Gasteiger partial charge in [-0.1, -0.05) is 13.8 Å². The molecule has 4 nitrogen and oxygen atoms in total. The van der Waals surface area contributed by atoms with Gasteiger partial charge >= 0.3 is 0 Å². The summed E-state index contributed by atoms with van der Waals surface area (Å²) in [6, 6.07) is 0. The molecule has 0 amide bonds. The summed E-state index contributed by atoms with van der Waals surface area (Å²) in [5, 5.41) is 0. The molecule has 0 bridgehead atoms. The maximum atomic E-state index is 12.8. The molecular weight excluding hydrogens is 242 g/mol. The first-order valence-corrected chi connectivity index (χ1v) is 7.23. The Morgan fingerprint density at radius 2 is 1.95 bits per heavy atom. The summed E-state index contributed by atoms with van der Waals surface area (Å²) >= 11 is 0. The Morgan fingerprint density at radius 1 is 1.26 bits per heavy atom. The third-order valence-corrected chi connectivity index (χ3v) is 5.16. The Balaban J connectivity index is 2.11. The summed E-state index contributed by atoms with van der Waals surface area (Å²) in [5.74, 6) is 0.322. The molecule has 0 aromatic rings. The van der Waals surface area contributed by atoms with E-state index in [1.807, 2.05) is 27.7 Å². The van der Waals surface area contributed by atoms with Crippen molar-refractivity contribution in [2.75, 3.05) is 19.8 Å². The first kappa shape index (κ1) is 14.9. The van der Waals surface area contributed by atoms with E-state index >= 15 is 0 Å². The van der Waals surface area contributed by atoms with Gasteiger partial charge in [0, 0.05) is 36.5 Å². The Labute approximate surface area is 116 Å². The molecule has 1 spiro atoms. The zero-order chi connectivity index (χ0) is 14.3. The van der Waals surface area contributed by atoms with E-state index < -0.39 is 11.0 Å². The minimum atomic E-state index is -0.518. The number of nitrogens with two attached hydrogens (primary N) is 1. The van der Waals surface area contributed by atoms with Crippen molar-refractivity contribution in [2.45, 2.75) is 58.1 Å². The molecule has 2 unspecified atom stereocenters. The van der Waals surface area contributed by atoms with Gasteiger partial charge in [-0.15, -0.1) is 0 Å². The van der Waals surface area contributed by atoms with Crippen molar-refractivity contribution in [2.24, 2.45) is 17.1 Å². The molecule has 110 valence electrons. The molecular formula is C15H27NO3. The van der Waals surface area contributed by atoms with Crippen LogP contribution in [0.5, 0.6) is 0 Å². The van der Waals surface area contributed by atoms with Crippen LogP contribution in [0.4, 0.5) is 0 Å². The smallest absolute Gasteiger partial charge is 0.143 e. The van der Waals surface area contributed by atoms with Gasteiger partial charge in [0.05, 0.1) is 12.2 Å². The second kappa shape index (κ2) is 4.83. The Bertz CT molecular complexity index is 351. The second-order valence-corrected chi connectivity index (χ2v) is 7.23. The van der Waals surface area contributed by atoms with Gasteiger partial charge in [-0.2, -0.15) is 0 Å². The average molecular weight is 269 g/mol. The highest BCUT2D eigenvalue weighted by molar-refractivity contribution is 5.87. The standard InChI is InChI=1S/C15H27NO3/c1-13(2,14(3,4)16)12(17)11-5-7-19-15(9-11)6-8-18-10-15/h11H,5-10,16H2,1-4H3. The quantitative estimate of drug-likeness (QED) is 0.850. The first-order chi connectivity index (χ1) is 8.68. The van der Waals surface area contributed by atoms with E-state index in [4.69, 9.17) is 15.2 Å². The fourth-order valence-electron chi connectivity index (χ4n) is 2.94. The fraction of sp³-hybridized carbons (Fsp3) is 0.933. The van der Waals surface area contributed by atoms with E-state index in [9.17, 15) is 4.79 Å². The summed E-state index contributed by atoms with van der Waals surface area (Å²) in [6.45, 7) is 9.80. The summed E-state index contributed by atoms with van der Waals surface area (Å²) in [6.07, 6.45) is 2.49. The van der Waals surface area contributed by atoms with E-state index in [1.54, 1.807) is 0 Å². The summed E-state index contributed by atoms with van der Waals surface area (Å²) in [4.78, 5) is 12.8. The topological polar surface area (TPSA) is 61.6 Å². The SMILES string of the molecule is CC(C)(N)C(C)(C)C(=O)C1CCOC2(CCOC2)C1. The molecule has 0 aromatic carbocycles. The molecule has 2 atom stereocenters. The van der Waals surface area contributed by atoms with Crippen molar-refractivity contribution in [1.82, 2.24) is 0 Å². The zero-order valence-corrected chi connectivity index (χ0v) is 12.6. The molecule has 0 radical (unpaired) electrons. The van der Waals surface area contributed by atoms with Crippen molar-refractivity contribution in [3.8, 4) is 0 Å². The van der Waals surface area contributed by atoms with Crippen LogP contribution in [0, 0.1) is 11.3 Å². The number of carbonyl (C=O) groups is 1. The number of ketones is 1. The fourth-order valence-corrected chi connectivity index (χ4v) is 2.94. The van der Waals surface area contributed by atoms with Crippen molar-refractivity contribution in [1.29, 1.82) is 0 Å². The number of ether oxygens (including phenoxy) is 2.